The van der Waals surface area contributed by atoms with Gasteiger partial charge in [0.05, 0.1) is 5.92 Å². The largest absolute Gasteiger partial charge is 0.342 e. The Bertz CT molecular complexity index is 621. The third kappa shape index (κ3) is 4.39. The van der Waals surface area contributed by atoms with Crippen LogP contribution in [-0.2, 0) is 16.0 Å². The summed E-state index contributed by atoms with van der Waals surface area (Å²) in [5.41, 5.74) is 1.00. The number of halogens is 1. The van der Waals surface area contributed by atoms with Crippen molar-refractivity contribution in [1.82, 2.24) is 9.80 Å². The molecule has 2 aliphatic heterocycles. The van der Waals surface area contributed by atoms with Crippen molar-refractivity contribution in [2.45, 2.75) is 33.1 Å². The SMILES string of the molecule is C[C@@H]1C[C@H](C)CN(C(=O)[C@@H]2CC(=O)N(CCc3ccc(F)cc3)C2)C1. The Morgan fingerprint density at radius 3 is 2.40 bits per heavy atom. The molecule has 0 aromatic heterocycles. The number of carbonyl (C=O) groups is 2. The fourth-order valence-electron chi connectivity index (χ4n) is 4.17. The Labute approximate surface area is 149 Å². The average Bonchev–Trinajstić information content (AvgIpc) is 2.93. The molecule has 25 heavy (non-hydrogen) atoms. The van der Waals surface area contributed by atoms with Gasteiger partial charge in [-0.2, -0.15) is 0 Å². The maximum atomic E-state index is 13.0. The first-order valence-electron chi connectivity index (χ1n) is 9.23. The Morgan fingerprint density at radius 2 is 1.76 bits per heavy atom. The predicted octanol–water partition coefficient (Wildman–Crippen LogP) is 2.72. The summed E-state index contributed by atoms with van der Waals surface area (Å²) >= 11 is 0. The standard InChI is InChI=1S/C20H27FN2O2/c1-14-9-15(2)12-23(11-14)20(25)17-10-19(24)22(13-17)8-7-16-3-5-18(21)6-4-16/h3-6,14-15,17H,7-13H2,1-2H3/t14-,15+,17-/m1/s1. The van der Waals surface area contributed by atoms with Crippen molar-refractivity contribution in [2.24, 2.45) is 17.8 Å². The van der Waals surface area contributed by atoms with Gasteiger partial charge in [0.25, 0.3) is 0 Å². The van der Waals surface area contributed by atoms with Crippen LogP contribution < -0.4 is 0 Å². The van der Waals surface area contributed by atoms with Gasteiger partial charge >= 0.3 is 0 Å². The van der Waals surface area contributed by atoms with Crippen molar-refractivity contribution < 1.29 is 14.0 Å². The number of benzene rings is 1. The number of likely N-dealkylation sites (tertiary alicyclic amines) is 2. The summed E-state index contributed by atoms with van der Waals surface area (Å²) in [5.74, 6) is 0.781. The van der Waals surface area contributed by atoms with Crippen molar-refractivity contribution in [2.75, 3.05) is 26.2 Å². The monoisotopic (exact) mass is 346 g/mol. The van der Waals surface area contributed by atoms with Gasteiger partial charge in [-0.25, -0.2) is 4.39 Å². The van der Waals surface area contributed by atoms with E-state index in [1.54, 1.807) is 17.0 Å². The van der Waals surface area contributed by atoms with E-state index in [9.17, 15) is 14.0 Å². The van der Waals surface area contributed by atoms with E-state index >= 15 is 0 Å². The first-order valence-corrected chi connectivity index (χ1v) is 9.23. The summed E-state index contributed by atoms with van der Waals surface area (Å²) in [6, 6.07) is 6.36. The molecule has 136 valence electrons. The van der Waals surface area contributed by atoms with Crippen molar-refractivity contribution in [1.29, 1.82) is 0 Å². The van der Waals surface area contributed by atoms with Crippen LogP contribution >= 0.6 is 0 Å². The van der Waals surface area contributed by atoms with Gasteiger partial charge < -0.3 is 9.80 Å². The Kier molecular flexibility index (Phi) is 5.40. The number of carbonyl (C=O) groups excluding carboxylic acids is 2. The van der Waals surface area contributed by atoms with Gasteiger partial charge in [0.1, 0.15) is 5.82 Å². The average molecular weight is 346 g/mol. The van der Waals surface area contributed by atoms with Crippen molar-refractivity contribution in [3.8, 4) is 0 Å². The van der Waals surface area contributed by atoms with E-state index in [0.717, 1.165) is 25.1 Å². The van der Waals surface area contributed by atoms with Crippen LogP contribution in [0, 0.1) is 23.6 Å². The van der Waals surface area contributed by atoms with Gasteiger partial charge in [-0.3, -0.25) is 9.59 Å². The fraction of sp³-hybridized carbons (Fsp3) is 0.600. The van der Waals surface area contributed by atoms with Crippen molar-refractivity contribution in [3.05, 3.63) is 35.6 Å². The quantitative estimate of drug-likeness (QED) is 0.841. The third-order valence-corrected chi connectivity index (χ3v) is 5.33. The predicted molar refractivity (Wildman–Crippen MR) is 94.3 cm³/mol. The summed E-state index contributed by atoms with van der Waals surface area (Å²) in [6.07, 6.45) is 2.17. The summed E-state index contributed by atoms with van der Waals surface area (Å²) in [5, 5.41) is 0. The van der Waals surface area contributed by atoms with E-state index in [1.807, 2.05) is 4.90 Å². The van der Waals surface area contributed by atoms with E-state index < -0.39 is 0 Å². The molecule has 2 fully saturated rings. The molecule has 0 radical (unpaired) electrons. The zero-order chi connectivity index (χ0) is 18.0. The lowest BCUT2D eigenvalue weighted by Gasteiger charge is -2.36. The van der Waals surface area contributed by atoms with Crippen molar-refractivity contribution >= 4 is 11.8 Å². The Hall–Kier alpha value is -1.91. The molecule has 1 aromatic rings. The van der Waals surface area contributed by atoms with E-state index in [1.165, 1.54) is 12.1 Å². The molecule has 0 bridgehead atoms. The lowest BCUT2D eigenvalue weighted by atomic mass is 9.91. The lowest BCUT2D eigenvalue weighted by Crippen LogP contribution is -2.45. The minimum atomic E-state index is -0.253. The molecule has 3 atom stereocenters. The topological polar surface area (TPSA) is 40.6 Å². The number of hydrogen-bond acceptors (Lipinski definition) is 2. The minimum Gasteiger partial charge on any atom is -0.342 e. The van der Waals surface area contributed by atoms with Gasteiger partial charge in [0.15, 0.2) is 0 Å². The molecular weight excluding hydrogens is 319 g/mol. The summed E-state index contributed by atoms with van der Waals surface area (Å²) in [6.45, 7) is 7.08. The van der Waals surface area contributed by atoms with Gasteiger partial charge in [-0.15, -0.1) is 0 Å². The normalized spacial score (nSPS) is 27.0. The highest BCUT2D eigenvalue weighted by Crippen LogP contribution is 2.26. The van der Waals surface area contributed by atoms with Crippen LogP contribution in [0.2, 0.25) is 0 Å². The van der Waals surface area contributed by atoms with Crippen molar-refractivity contribution in [3.63, 3.8) is 0 Å². The Balaban J connectivity index is 1.54. The van der Waals surface area contributed by atoms with Crippen LogP contribution in [0.15, 0.2) is 24.3 Å². The number of rotatable bonds is 4. The van der Waals surface area contributed by atoms with Crippen LogP contribution in [0.1, 0.15) is 32.3 Å². The fourth-order valence-corrected chi connectivity index (χ4v) is 4.17. The molecule has 1 aromatic carbocycles. The molecule has 0 N–H and O–H groups in total. The molecule has 0 aliphatic carbocycles. The maximum absolute atomic E-state index is 13.0. The van der Waals surface area contributed by atoms with E-state index in [2.05, 4.69) is 13.8 Å². The first kappa shape index (κ1) is 17.9. The number of piperidine rings is 1. The molecule has 0 spiro atoms. The van der Waals surface area contributed by atoms with Crippen LogP contribution in [0.3, 0.4) is 0 Å². The van der Waals surface area contributed by atoms with E-state index in [-0.39, 0.29) is 23.5 Å². The summed E-state index contributed by atoms with van der Waals surface area (Å²) in [7, 11) is 0. The number of nitrogens with zero attached hydrogens (tertiary/aromatic N) is 2. The highest BCUT2D eigenvalue weighted by molar-refractivity contribution is 5.89. The summed E-state index contributed by atoms with van der Waals surface area (Å²) < 4.78 is 13.0. The van der Waals surface area contributed by atoms with E-state index in [4.69, 9.17) is 0 Å². The molecule has 3 rings (SSSR count). The summed E-state index contributed by atoms with van der Waals surface area (Å²) in [4.78, 5) is 28.8. The molecule has 0 saturated carbocycles. The van der Waals surface area contributed by atoms with Gasteiger partial charge in [0.2, 0.25) is 11.8 Å². The molecule has 2 heterocycles. The molecule has 5 heteroatoms. The maximum Gasteiger partial charge on any atom is 0.228 e. The van der Waals surface area contributed by atoms with Gasteiger partial charge in [-0.05, 0) is 42.4 Å². The van der Waals surface area contributed by atoms with Crippen LogP contribution in [0.4, 0.5) is 4.39 Å². The van der Waals surface area contributed by atoms with Crippen LogP contribution in [0.25, 0.3) is 0 Å². The van der Waals surface area contributed by atoms with Crippen LogP contribution in [-0.4, -0.2) is 47.8 Å². The Morgan fingerprint density at radius 1 is 1.12 bits per heavy atom. The highest BCUT2D eigenvalue weighted by atomic mass is 19.1. The zero-order valence-electron chi connectivity index (χ0n) is 15.1. The van der Waals surface area contributed by atoms with E-state index in [0.29, 0.717) is 37.8 Å². The molecule has 2 amide bonds. The smallest absolute Gasteiger partial charge is 0.228 e. The molecule has 0 unspecified atom stereocenters. The zero-order valence-corrected chi connectivity index (χ0v) is 15.1. The molecule has 4 nitrogen and oxygen atoms in total. The number of hydrogen-bond donors (Lipinski definition) is 0. The lowest BCUT2D eigenvalue weighted by molar-refractivity contribution is -0.138. The van der Waals surface area contributed by atoms with Gasteiger partial charge in [0, 0.05) is 32.6 Å². The highest BCUT2D eigenvalue weighted by Gasteiger charge is 2.37. The second-order valence-electron chi connectivity index (χ2n) is 7.81. The van der Waals surface area contributed by atoms with Gasteiger partial charge in [-0.1, -0.05) is 26.0 Å². The second-order valence-corrected chi connectivity index (χ2v) is 7.81. The number of amides is 2. The molecule has 2 aliphatic rings. The molecule has 2 saturated heterocycles. The minimum absolute atomic E-state index is 0.0542. The second kappa shape index (κ2) is 7.54. The molecular formula is C20H27FN2O2. The third-order valence-electron chi connectivity index (χ3n) is 5.33. The van der Waals surface area contributed by atoms with Crippen LogP contribution in [0.5, 0.6) is 0 Å². The first-order chi connectivity index (χ1) is 11.9.